The number of benzene rings is 1. The maximum Gasteiger partial charge on any atom is 0.150 e. The van der Waals surface area contributed by atoms with Crippen molar-refractivity contribution in [1.82, 2.24) is 5.32 Å². The molecular weight excluding hydrogens is 230 g/mol. The van der Waals surface area contributed by atoms with Crippen molar-refractivity contribution >= 4 is 12.6 Å². The highest BCUT2D eigenvalue weighted by atomic mass is 16.5. The third kappa shape index (κ3) is 1.82. The Morgan fingerprint density at radius 3 is 2.44 bits per heavy atom. The Hall–Kier alpha value is -1.68. The van der Waals surface area contributed by atoms with Crippen LogP contribution in [0.25, 0.3) is 0 Å². The van der Waals surface area contributed by atoms with E-state index in [1.54, 1.807) is 18.2 Å². The molecule has 1 saturated carbocycles. The van der Waals surface area contributed by atoms with Crippen LogP contribution in [0.15, 0.2) is 18.2 Å². The van der Waals surface area contributed by atoms with Crippen LogP contribution in [0.2, 0.25) is 0 Å². The molecular formula is C14H15NO3. The summed E-state index contributed by atoms with van der Waals surface area (Å²) in [6, 6.07) is 5.02. The number of aldehydes is 2. The first-order valence-electron chi connectivity index (χ1n) is 6.16. The van der Waals surface area contributed by atoms with Crippen LogP contribution in [0.4, 0.5) is 0 Å². The molecule has 1 aliphatic heterocycles. The summed E-state index contributed by atoms with van der Waals surface area (Å²) in [5.41, 5.74) is 1.27. The maximum atomic E-state index is 10.8. The van der Waals surface area contributed by atoms with Gasteiger partial charge in [0, 0.05) is 29.6 Å². The van der Waals surface area contributed by atoms with Crippen molar-refractivity contribution in [1.29, 1.82) is 0 Å². The average Bonchev–Trinajstić information content (AvgIpc) is 2.30. The van der Waals surface area contributed by atoms with Crippen molar-refractivity contribution in [2.24, 2.45) is 5.41 Å². The van der Waals surface area contributed by atoms with Crippen LogP contribution >= 0.6 is 0 Å². The van der Waals surface area contributed by atoms with Crippen LogP contribution < -0.4 is 10.1 Å². The van der Waals surface area contributed by atoms with Crippen molar-refractivity contribution in [2.45, 2.75) is 18.9 Å². The molecule has 94 valence electrons. The molecule has 4 heteroatoms. The lowest BCUT2D eigenvalue weighted by molar-refractivity contribution is -0.0495. The van der Waals surface area contributed by atoms with Gasteiger partial charge >= 0.3 is 0 Å². The van der Waals surface area contributed by atoms with Gasteiger partial charge in [0.05, 0.1) is 6.10 Å². The van der Waals surface area contributed by atoms with E-state index in [0.29, 0.717) is 34.9 Å². The molecule has 0 amide bonds. The zero-order valence-corrected chi connectivity index (χ0v) is 10.0. The molecule has 18 heavy (non-hydrogen) atoms. The molecule has 1 N–H and O–H groups in total. The number of nitrogens with one attached hydrogen (secondary N) is 1. The Morgan fingerprint density at radius 1 is 1.17 bits per heavy atom. The van der Waals surface area contributed by atoms with Crippen LogP contribution in [-0.4, -0.2) is 31.8 Å². The number of hydrogen-bond donors (Lipinski definition) is 1. The summed E-state index contributed by atoms with van der Waals surface area (Å²) >= 11 is 0. The van der Waals surface area contributed by atoms with Gasteiger partial charge in [-0.2, -0.15) is 0 Å². The van der Waals surface area contributed by atoms with Gasteiger partial charge in [0.15, 0.2) is 12.6 Å². The van der Waals surface area contributed by atoms with E-state index in [2.05, 4.69) is 5.32 Å². The highest BCUT2D eigenvalue weighted by Crippen LogP contribution is 2.45. The van der Waals surface area contributed by atoms with Crippen molar-refractivity contribution in [2.75, 3.05) is 13.1 Å². The summed E-state index contributed by atoms with van der Waals surface area (Å²) in [5, 5.41) is 3.28. The lowest BCUT2D eigenvalue weighted by Gasteiger charge is -2.53. The minimum absolute atomic E-state index is 0.244. The fourth-order valence-electron chi connectivity index (χ4n) is 2.78. The number of carbonyl (C=O) groups is 2. The molecule has 1 saturated heterocycles. The summed E-state index contributed by atoms with van der Waals surface area (Å²) in [7, 11) is 0. The first-order valence-corrected chi connectivity index (χ1v) is 6.16. The molecule has 0 aromatic heterocycles. The Morgan fingerprint density at radius 2 is 1.89 bits per heavy atom. The molecule has 1 aromatic rings. The van der Waals surface area contributed by atoms with E-state index < -0.39 is 0 Å². The number of hydrogen-bond acceptors (Lipinski definition) is 4. The summed E-state index contributed by atoms with van der Waals surface area (Å²) in [4.78, 5) is 21.6. The standard InChI is InChI=1S/C14H15NO3/c16-6-10-1-2-12(3-11(10)7-17)18-13-4-14(5-13)8-15-9-14/h1-3,6-7,13,15H,4-5,8-9H2. The van der Waals surface area contributed by atoms with Crippen LogP contribution in [-0.2, 0) is 0 Å². The second kappa shape index (κ2) is 4.21. The molecule has 1 aromatic carbocycles. The normalized spacial score (nSPS) is 20.9. The predicted molar refractivity (Wildman–Crippen MR) is 66.2 cm³/mol. The van der Waals surface area contributed by atoms with E-state index >= 15 is 0 Å². The fourth-order valence-corrected chi connectivity index (χ4v) is 2.78. The van der Waals surface area contributed by atoms with Gasteiger partial charge in [-0.3, -0.25) is 9.59 Å². The van der Waals surface area contributed by atoms with Crippen molar-refractivity contribution < 1.29 is 14.3 Å². The molecule has 1 heterocycles. The molecule has 0 atom stereocenters. The van der Waals surface area contributed by atoms with Crippen molar-refractivity contribution in [3.63, 3.8) is 0 Å². The van der Waals surface area contributed by atoms with Gasteiger partial charge in [0.1, 0.15) is 5.75 Å². The van der Waals surface area contributed by atoms with E-state index in [9.17, 15) is 9.59 Å². The van der Waals surface area contributed by atoms with Crippen molar-refractivity contribution in [3.05, 3.63) is 29.3 Å². The summed E-state index contributed by atoms with van der Waals surface area (Å²) in [6.07, 6.45) is 3.77. The number of ether oxygens (including phenoxy) is 1. The van der Waals surface area contributed by atoms with Crippen LogP contribution in [0, 0.1) is 5.41 Å². The summed E-state index contributed by atoms with van der Waals surface area (Å²) in [5.74, 6) is 0.676. The van der Waals surface area contributed by atoms with Gasteiger partial charge in [0.2, 0.25) is 0 Å². The van der Waals surface area contributed by atoms with Gasteiger partial charge in [-0.1, -0.05) is 0 Å². The Labute approximate surface area is 105 Å². The summed E-state index contributed by atoms with van der Waals surface area (Å²) in [6.45, 7) is 2.19. The third-order valence-electron chi connectivity index (χ3n) is 3.94. The highest BCUT2D eigenvalue weighted by molar-refractivity contribution is 5.90. The largest absolute Gasteiger partial charge is 0.490 e. The van der Waals surface area contributed by atoms with Crippen molar-refractivity contribution in [3.8, 4) is 5.75 Å². The minimum Gasteiger partial charge on any atom is -0.490 e. The number of carbonyl (C=O) groups excluding carboxylic acids is 2. The lowest BCUT2D eigenvalue weighted by Crippen LogP contribution is -2.62. The quantitative estimate of drug-likeness (QED) is 0.816. The number of rotatable bonds is 4. The van der Waals surface area contributed by atoms with Gasteiger partial charge < -0.3 is 10.1 Å². The van der Waals surface area contributed by atoms with E-state index in [1.807, 2.05) is 0 Å². The average molecular weight is 245 g/mol. The second-order valence-corrected chi connectivity index (χ2v) is 5.28. The first-order chi connectivity index (χ1) is 8.74. The smallest absolute Gasteiger partial charge is 0.150 e. The van der Waals surface area contributed by atoms with Crippen LogP contribution in [0.3, 0.4) is 0 Å². The molecule has 1 spiro atoms. The van der Waals surface area contributed by atoms with Crippen LogP contribution in [0.5, 0.6) is 5.75 Å². The Balaban J connectivity index is 1.66. The highest BCUT2D eigenvalue weighted by Gasteiger charge is 2.49. The molecule has 0 radical (unpaired) electrons. The Kier molecular flexibility index (Phi) is 2.67. The maximum absolute atomic E-state index is 10.8. The van der Waals surface area contributed by atoms with Gasteiger partial charge in [0.25, 0.3) is 0 Å². The van der Waals surface area contributed by atoms with E-state index in [-0.39, 0.29) is 6.10 Å². The molecule has 3 rings (SSSR count). The molecule has 1 aliphatic carbocycles. The SMILES string of the molecule is O=Cc1ccc(OC2CC3(CNC3)C2)cc1C=O. The van der Waals surface area contributed by atoms with Gasteiger partial charge in [-0.25, -0.2) is 0 Å². The Bertz CT molecular complexity index is 486. The zero-order chi connectivity index (χ0) is 12.6. The molecule has 2 fully saturated rings. The zero-order valence-electron chi connectivity index (χ0n) is 10.0. The molecule has 0 bridgehead atoms. The third-order valence-corrected chi connectivity index (χ3v) is 3.94. The second-order valence-electron chi connectivity index (χ2n) is 5.28. The van der Waals surface area contributed by atoms with E-state index in [4.69, 9.17) is 4.74 Å². The molecule has 2 aliphatic rings. The van der Waals surface area contributed by atoms with Crippen LogP contribution in [0.1, 0.15) is 33.6 Å². The summed E-state index contributed by atoms with van der Waals surface area (Å²) < 4.78 is 5.82. The topological polar surface area (TPSA) is 55.4 Å². The van der Waals surface area contributed by atoms with Gasteiger partial charge in [-0.05, 0) is 31.0 Å². The van der Waals surface area contributed by atoms with E-state index in [0.717, 1.165) is 25.9 Å². The monoisotopic (exact) mass is 245 g/mol. The fraction of sp³-hybridized carbons (Fsp3) is 0.429. The van der Waals surface area contributed by atoms with E-state index in [1.165, 1.54) is 0 Å². The lowest BCUT2D eigenvalue weighted by atomic mass is 9.63. The molecule has 0 unspecified atom stereocenters. The predicted octanol–water partition coefficient (Wildman–Crippen LogP) is 1.44. The first kappa shape index (κ1) is 11.4. The minimum atomic E-state index is 0.244. The van der Waals surface area contributed by atoms with Gasteiger partial charge in [-0.15, -0.1) is 0 Å². The molecule has 4 nitrogen and oxygen atoms in total.